The van der Waals surface area contributed by atoms with Gasteiger partial charge in [-0.3, -0.25) is 9.69 Å². The summed E-state index contributed by atoms with van der Waals surface area (Å²) < 4.78 is 10.7. The summed E-state index contributed by atoms with van der Waals surface area (Å²) in [5, 5.41) is 3.14. The van der Waals surface area contributed by atoms with Crippen LogP contribution in [-0.4, -0.2) is 62.8 Å². The van der Waals surface area contributed by atoms with Gasteiger partial charge in [0.05, 0.1) is 26.9 Å². The summed E-state index contributed by atoms with van der Waals surface area (Å²) in [6.07, 6.45) is 0. The first-order valence-corrected chi connectivity index (χ1v) is 10.5. The molecule has 0 unspecified atom stereocenters. The largest absolute Gasteiger partial charge is 0.497 e. The van der Waals surface area contributed by atoms with Crippen LogP contribution in [0, 0.1) is 0 Å². The molecule has 162 valence electrons. The van der Waals surface area contributed by atoms with Gasteiger partial charge in [-0.1, -0.05) is 30.3 Å². The Labute approximate surface area is 179 Å². The van der Waals surface area contributed by atoms with Crippen molar-refractivity contribution in [3.05, 3.63) is 60.2 Å². The highest BCUT2D eigenvalue weighted by molar-refractivity contribution is 5.81. The van der Waals surface area contributed by atoms with Gasteiger partial charge in [0, 0.05) is 37.4 Å². The molecule has 1 heterocycles. The molecule has 6 nitrogen and oxygen atoms in total. The summed E-state index contributed by atoms with van der Waals surface area (Å²) in [7, 11) is 1.65. The van der Waals surface area contributed by atoms with E-state index in [-0.39, 0.29) is 11.4 Å². The van der Waals surface area contributed by atoms with Crippen molar-refractivity contribution in [3.63, 3.8) is 0 Å². The maximum Gasteiger partial charge on any atom is 0.239 e. The lowest BCUT2D eigenvalue weighted by Gasteiger charge is -2.41. The highest BCUT2D eigenvalue weighted by atomic mass is 16.5. The molecule has 6 heteroatoms. The highest BCUT2D eigenvalue weighted by Crippen LogP contribution is 2.21. The number of anilines is 1. The van der Waals surface area contributed by atoms with E-state index in [0.717, 1.165) is 43.3 Å². The molecule has 2 aromatic carbocycles. The highest BCUT2D eigenvalue weighted by Gasteiger charge is 2.28. The minimum atomic E-state index is -0.107. The fourth-order valence-electron chi connectivity index (χ4n) is 3.66. The molecule has 1 fully saturated rings. The van der Waals surface area contributed by atoms with E-state index in [1.165, 1.54) is 0 Å². The summed E-state index contributed by atoms with van der Waals surface area (Å²) in [5.41, 5.74) is 2.04. The minimum Gasteiger partial charge on any atom is -0.497 e. The normalized spacial score (nSPS) is 14.9. The molecule has 0 saturated carbocycles. The molecule has 1 saturated heterocycles. The molecule has 0 aliphatic carbocycles. The van der Waals surface area contributed by atoms with Crippen LogP contribution in [0.1, 0.15) is 19.4 Å². The lowest BCUT2D eigenvalue weighted by molar-refractivity contribution is -0.120. The van der Waals surface area contributed by atoms with Gasteiger partial charge in [0.15, 0.2) is 0 Å². The van der Waals surface area contributed by atoms with E-state index >= 15 is 0 Å². The molecule has 2 aromatic rings. The third-order valence-corrected chi connectivity index (χ3v) is 5.57. The zero-order chi connectivity index (χ0) is 21.4. The van der Waals surface area contributed by atoms with Crippen molar-refractivity contribution in [3.8, 4) is 5.75 Å². The quantitative estimate of drug-likeness (QED) is 0.688. The van der Waals surface area contributed by atoms with Crippen LogP contribution in [0.5, 0.6) is 5.75 Å². The molecule has 0 radical (unpaired) electrons. The Morgan fingerprint density at radius 1 is 1.10 bits per heavy atom. The van der Waals surface area contributed by atoms with Gasteiger partial charge in [-0.15, -0.1) is 0 Å². The summed E-state index contributed by atoms with van der Waals surface area (Å²) in [4.78, 5) is 17.3. The topological polar surface area (TPSA) is 54.0 Å². The zero-order valence-corrected chi connectivity index (χ0v) is 18.3. The van der Waals surface area contributed by atoms with Crippen molar-refractivity contribution in [2.45, 2.75) is 25.9 Å². The fourth-order valence-corrected chi connectivity index (χ4v) is 3.66. The van der Waals surface area contributed by atoms with Crippen molar-refractivity contribution in [1.82, 2.24) is 10.2 Å². The molecule has 0 aromatic heterocycles. The Morgan fingerprint density at radius 2 is 1.77 bits per heavy atom. The van der Waals surface area contributed by atoms with Crippen molar-refractivity contribution in [1.29, 1.82) is 0 Å². The number of nitrogens with zero attached hydrogens (tertiary/aromatic N) is 2. The molecule has 3 rings (SSSR count). The number of rotatable bonds is 9. The smallest absolute Gasteiger partial charge is 0.239 e. The molecule has 1 aliphatic heterocycles. The molecule has 0 atom stereocenters. The third-order valence-electron chi connectivity index (χ3n) is 5.57. The summed E-state index contributed by atoms with van der Waals surface area (Å²) >= 11 is 0. The predicted octanol–water partition coefficient (Wildman–Crippen LogP) is 2.93. The maximum absolute atomic E-state index is 12.8. The fraction of sp³-hybridized carbons (Fsp3) is 0.458. The second-order valence-electron chi connectivity index (χ2n) is 8.23. The number of hydrogen-bond donors (Lipinski definition) is 1. The van der Waals surface area contributed by atoms with Crippen LogP contribution in [0.2, 0.25) is 0 Å². The molecule has 1 amide bonds. The maximum atomic E-state index is 12.8. The van der Waals surface area contributed by atoms with E-state index in [1.807, 2.05) is 42.5 Å². The van der Waals surface area contributed by atoms with Crippen LogP contribution in [0.3, 0.4) is 0 Å². The molecule has 0 spiro atoms. The van der Waals surface area contributed by atoms with Crippen LogP contribution in [0.15, 0.2) is 54.6 Å². The van der Waals surface area contributed by atoms with Gasteiger partial charge in [-0.2, -0.15) is 0 Å². The van der Waals surface area contributed by atoms with Crippen LogP contribution >= 0.6 is 0 Å². The SMILES string of the molecule is COc1ccc(N(CC(=O)NCC(C)(C)N2CCOCC2)Cc2ccccc2)cc1. The van der Waals surface area contributed by atoms with E-state index in [4.69, 9.17) is 9.47 Å². The van der Waals surface area contributed by atoms with Gasteiger partial charge in [-0.25, -0.2) is 0 Å². The van der Waals surface area contributed by atoms with Gasteiger partial charge >= 0.3 is 0 Å². The lowest BCUT2D eigenvalue weighted by Crippen LogP contribution is -2.56. The van der Waals surface area contributed by atoms with E-state index in [2.05, 4.69) is 41.1 Å². The van der Waals surface area contributed by atoms with Gasteiger partial charge in [0.1, 0.15) is 5.75 Å². The monoisotopic (exact) mass is 411 g/mol. The second kappa shape index (κ2) is 10.5. The first-order chi connectivity index (χ1) is 14.5. The van der Waals surface area contributed by atoms with Crippen molar-refractivity contribution in [2.75, 3.05) is 51.4 Å². The Balaban J connectivity index is 1.64. The van der Waals surface area contributed by atoms with Crippen molar-refractivity contribution in [2.24, 2.45) is 0 Å². The average molecular weight is 412 g/mol. The van der Waals surface area contributed by atoms with Gasteiger partial charge in [-0.05, 0) is 43.7 Å². The van der Waals surface area contributed by atoms with E-state index in [1.54, 1.807) is 7.11 Å². The zero-order valence-electron chi connectivity index (χ0n) is 18.3. The van der Waals surface area contributed by atoms with E-state index < -0.39 is 0 Å². The van der Waals surface area contributed by atoms with Crippen LogP contribution in [0.25, 0.3) is 0 Å². The number of hydrogen-bond acceptors (Lipinski definition) is 5. The Kier molecular flexibility index (Phi) is 7.71. The van der Waals surface area contributed by atoms with Crippen molar-refractivity contribution >= 4 is 11.6 Å². The Hall–Kier alpha value is -2.57. The molecule has 1 N–H and O–H groups in total. The van der Waals surface area contributed by atoms with E-state index in [9.17, 15) is 4.79 Å². The van der Waals surface area contributed by atoms with Crippen molar-refractivity contribution < 1.29 is 14.3 Å². The van der Waals surface area contributed by atoms with Crippen LogP contribution in [0.4, 0.5) is 5.69 Å². The number of ether oxygens (including phenoxy) is 2. The second-order valence-corrected chi connectivity index (χ2v) is 8.23. The number of methoxy groups -OCH3 is 1. The Morgan fingerprint density at radius 3 is 2.40 bits per heavy atom. The predicted molar refractivity (Wildman–Crippen MR) is 120 cm³/mol. The van der Waals surface area contributed by atoms with E-state index in [0.29, 0.717) is 19.6 Å². The standard InChI is InChI=1S/C24H33N3O3/c1-24(2,27-13-15-30-16-14-27)19-25-23(28)18-26(17-20-7-5-4-6-8-20)21-9-11-22(29-3)12-10-21/h4-12H,13-19H2,1-3H3,(H,25,28). The number of morpholine rings is 1. The number of carbonyl (C=O) groups is 1. The molecule has 1 aliphatic rings. The average Bonchev–Trinajstić information content (AvgIpc) is 2.79. The first kappa shape index (κ1) is 22.1. The third kappa shape index (κ3) is 6.21. The number of benzene rings is 2. The molecule has 0 bridgehead atoms. The lowest BCUT2D eigenvalue weighted by atomic mass is 10.0. The van der Waals surface area contributed by atoms with Gasteiger partial charge in [0.25, 0.3) is 0 Å². The number of nitrogens with one attached hydrogen (secondary N) is 1. The summed E-state index contributed by atoms with van der Waals surface area (Å²) in [6, 6.07) is 18.0. The van der Waals surface area contributed by atoms with Gasteiger partial charge < -0.3 is 19.7 Å². The molecule has 30 heavy (non-hydrogen) atoms. The number of carbonyl (C=O) groups excluding carboxylic acids is 1. The van der Waals surface area contributed by atoms with Crippen LogP contribution < -0.4 is 15.0 Å². The summed E-state index contributed by atoms with van der Waals surface area (Å²) in [5.74, 6) is 0.818. The number of amides is 1. The Bertz CT molecular complexity index is 787. The first-order valence-electron chi connectivity index (χ1n) is 10.5. The molecular formula is C24H33N3O3. The molecular weight excluding hydrogens is 378 g/mol. The summed E-state index contributed by atoms with van der Waals surface area (Å²) in [6.45, 7) is 9.19. The minimum absolute atomic E-state index is 0.0167. The van der Waals surface area contributed by atoms with Gasteiger partial charge in [0.2, 0.25) is 5.91 Å². The van der Waals surface area contributed by atoms with Crippen LogP contribution in [-0.2, 0) is 16.1 Å².